The first-order chi connectivity index (χ1) is 11.9. The Morgan fingerprint density at radius 3 is 2.56 bits per heavy atom. The molecule has 1 amide bonds. The van der Waals surface area contributed by atoms with Crippen LogP contribution in [0.1, 0.15) is 44.2 Å². The van der Waals surface area contributed by atoms with Gasteiger partial charge in [-0.15, -0.1) is 11.8 Å². The summed E-state index contributed by atoms with van der Waals surface area (Å²) in [6.45, 7) is 6.79. The van der Waals surface area contributed by atoms with E-state index in [-0.39, 0.29) is 30.3 Å². The lowest BCUT2D eigenvalue weighted by Crippen LogP contribution is -2.45. The van der Waals surface area contributed by atoms with Crippen LogP contribution in [0.25, 0.3) is 0 Å². The van der Waals surface area contributed by atoms with Crippen molar-refractivity contribution in [2.24, 2.45) is 5.92 Å². The number of benzene rings is 1. The molecule has 0 radical (unpaired) electrons. The Bertz CT molecular complexity index is 589. The Hall–Kier alpha value is -1.53. The molecule has 0 saturated carbocycles. The van der Waals surface area contributed by atoms with E-state index in [0.29, 0.717) is 17.6 Å². The number of thioether (sulfide) groups is 1. The summed E-state index contributed by atoms with van der Waals surface area (Å²) >= 11 is 1.75. The molecule has 0 aliphatic carbocycles. The minimum atomic E-state index is -0.901. The Balaban J connectivity index is 1.86. The molecule has 6 heteroatoms. The van der Waals surface area contributed by atoms with Gasteiger partial charge in [0.25, 0.3) is 0 Å². The van der Waals surface area contributed by atoms with Gasteiger partial charge in [-0.2, -0.15) is 0 Å². The Labute approximate surface area is 154 Å². The van der Waals surface area contributed by atoms with Gasteiger partial charge in [-0.05, 0) is 23.5 Å². The lowest BCUT2D eigenvalue weighted by Gasteiger charge is -2.21. The maximum Gasteiger partial charge on any atom is 0.305 e. The van der Waals surface area contributed by atoms with E-state index in [1.165, 1.54) is 11.1 Å². The van der Waals surface area contributed by atoms with Crippen molar-refractivity contribution in [1.29, 1.82) is 0 Å². The Morgan fingerprint density at radius 1 is 1.28 bits per heavy atom. The highest BCUT2D eigenvalue weighted by atomic mass is 32.2. The lowest BCUT2D eigenvalue weighted by molar-refractivity contribution is -0.136. The molecule has 1 aliphatic rings. The van der Waals surface area contributed by atoms with Crippen LogP contribution in [0.15, 0.2) is 24.3 Å². The zero-order valence-corrected chi connectivity index (χ0v) is 15.9. The first kappa shape index (κ1) is 19.8. The van der Waals surface area contributed by atoms with Gasteiger partial charge in [-0.25, -0.2) is 0 Å². The van der Waals surface area contributed by atoms with E-state index in [2.05, 4.69) is 55.7 Å². The third-order valence-electron chi connectivity index (χ3n) is 4.37. The minimum Gasteiger partial charge on any atom is -0.481 e. The van der Waals surface area contributed by atoms with Gasteiger partial charge in [-0.3, -0.25) is 14.9 Å². The summed E-state index contributed by atoms with van der Waals surface area (Å²) in [5.41, 5.74) is 2.62. The molecule has 0 spiro atoms. The number of carbonyl (C=O) groups excluding carboxylic acids is 1. The van der Waals surface area contributed by atoms with Crippen molar-refractivity contribution in [1.82, 2.24) is 10.6 Å². The van der Waals surface area contributed by atoms with Crippen molar-refractivity contribution < 1.29 is 14.7 Å². The van der Waals surface area contributed by atoms with Crippen LogP contribution in [0.2, 0.25) is 0 Å². The van der Waals surface area contributed by atoms with Gasteiger partial charge in [0.05, 0.1) is 17.8 Å². The summed E-state index contributed by atoms with van der Waals surface area (Å²) in [6.07, 6.45) is 1.04. The van der Waals surface area contributed by atoms with Crippen LogP contribution in [0.5, 0.6) is 0 Å². The molecule has 1 unspecified atom stereocenters. The number of amides is 1. The number of nitrogens with one attached hydrogen (secondary N) is 2. The molecule has 1 aromatic rings. The zero-order valence-electron chi connectivity index (χ0n) is 15.1. The fraction of sp³-hybridized carbons (Fsp3) is 0.579. The summed E-state index contributed by atoms with van der Waals surface area (Å²) in [5, 5.41) is 14.9. The number of carboxylic acids is 1. The van der Waals surface area contributed by atoms with Crippen LogP contribution in [-0.4, -0.2) is 40.7 Å². The molecule has 2 rings (SSSR count). The zero-order chi connectivity index (χ0) is 18.4. The van der Waals surface area contributed by atoms with Gasteiger partial charge in [-0.1, -0.05) is 45.0 Å². The van der Waals surface area contributed by atoms with Gasteiger partial charge in [0.1, 0.15) is 0 Å². The Morgan fingerprint density at radius 2 is 1.96 bits per heavy atom. The highest BCUT2D eigenvalue weighted by Gasteiger charge is 2.33. The number of carboxylic acid groups (broad SMARTS) is 1. The van der Waals surface area contributed by atoms with Gasteiger partial charge in [0.2, 0.25) is 5.91 Å². The van der Waals surface area contributed by atoms with Crippen LogP contribution in [-0.2, 0) is 16.0 Å². The third-order valence-corrected chi connectivity index (χ3v) is 5.80. The number of rotatable bonds is 8. The number of hydrogen-bond donors (Lipinski definition) is 3. The van der Waals surface area contributed by atoms with Gasteiger partial charge >= 0.3 is 5.97 Å². The quantitative estimate of drug-likeness (QED) is 0.661. The van der Waals surface area contributed by atoms with Crippen LogP contribution < -0.4 is 10.6 Å². The topological polar surface area (TPSA) is 78.4 Å². The van der Waals surface area contributed by atoms with E-state index in [4.69, 9.17) is 5.11 Å². The second kappa shape index (κ2) is 9.25. The number of aliphatic carboxylic acids is 1. The molecule has 0 aromatic heterocycles. The van der Waals surface area contributed by atoms with Gasteiger partial charge in [0.15, 0.2) is 0 Å². The molecule has 1 saturated heterocycles. The largest absolute Gasteiger partial charge is 0.481 e. The molecular formula is C19H28N2O3S. The highest BCUT2D eigenvalue weighted by molar-refractivity contribution is 8.00. The average molecular weight is 365 g/mol. The van der Waals surface area contributed by atoms with Crippen LogP contribution in [0.3, 0.4) is 0 Å². The van der Waals surface area contributed by atoms with Gasteiger partial charge < -0.3 is 10.4 Å². The predicted molar refractivity (Wildman–Crippen MR) is 102 cm³/mol. The standard InChI is InChI=1S/C19H28N2O3S/c1-12(2)10-14-4-6-15(7-5-14)13(3)19-21-16(11-25-19)18(24)20-9-8-17(22)23/h4-7,12-13,16,19,21H,8-11H2,1-3H3,(H,20,24)(H,22,23)/t13-,16-,19?/m0/s1. The summed E-state index contributed by atoms with van der Waals surface area (Å²) in [4.78, 5) is 22.6. The summed E-state index contributed by atoms with van der Waals surface area (Å²) in [6, 6.07) is 8.50. The molecule has 1 heterocycles. The smallest absolute Gasteiger partial charge is 0.305 e. The SMILES string of the molecule is CC(C)Cc1ccc([C@H](C)C2N[C@H](C(=O)NCCC(=O)O)CS2)cc1. The molecule has 138 valence electrons. The minimum absolute atomic E-state index is 0.0475. The van der Waals surface area contributed by atoms with E-state index < -0.39 is 5.97 Å². The fourth-order valence-corrected chi connectivity index (χ4v) is 4.31. The second-order valence-corrected chi connectivity index (χ2v) is 8.21. The summed E-state index contributed by atoms with van der Waals surface area (Å²) in [5.74, 6) is 0.641. The molecule has 1 aromatic carbocycles. The fourth-order valence-electron chi connectivity index (χ4n) is 2.95. The molecule has 3 N–H and O–H groups in total. The second-order valence-electron chi connectivity index (χ2n) is 7.04. The van der Waals surface area contributed by atoms with Crippen molar-refractivity contribution in [3.05, 3.63) is 35.4 Å². The highest BCUT2D eigenvalue weighted by Crippen LogP contribution is 2.32. The molecular weight excluding hydrogens is 336 g/mol. The molecule has 0 bridgehead atoms. The molecule has 5 nitrogen and oxygen atoms in total. The Kier molecular flexibility index (Phi) is 7.32. The van der Waals surface area contributed by atoms with Crippen LogP contribution in [0.4, 0.5) is 0 Å². The van der Waals surface area contributed by atoms with Crippen molar-refractivity contribution in [3.8, 4) is 0 Å². The maximum atomic E-state index is 12.1. The van der Waals surface area contributed by atoms with E-state index in [9.17, 15) is 9.59 Å². The lowest BCUT2D eigenvalue weighted by atomic mass is 9.96. The maximum absolute atomic E-state index is 12.1. The van der Waals surface area contributed by atoms with Gasteiger partial charge in [0, 0.05) is 18.2 Å². The van der Waals surface area contributed by atoms with E-state index in [1.54, 1.807) is 11.8 Å². The predicted octanol–water partition coefficient (Wildman–Crippen LogP) is 2.61. The van der Waals surface area contributed by atoms with Crippen molar-refractivity contribution in [3.63, 3.8) is 0 Å². The van der Waals surface area contributed by atoms with E-state index in [0.717, 1.165) is 6.42 Å². The molecule has 1 fully saturated rings. The number of hydrogen-bond acceptors (Lipinski definition) is 4. The third kappa shape index (κ3) is 6.04. The van der Waals surface area contributed by atoms with E-state index in [1.807, 2.05) is 0 Å². The van der Waals surface area contributed by atoms with Crippen molar-refractivity contribution in [2.45, 2.75) is 50.9 Å². The first-order valence-corrected chi connectivity index (χ1v) is 9.87. The number of carbonyl (C=O) groups is 2. The monoisotopic (exact) mass is 364 g/mol. The van der Waals surface area contributed by atoms with E-state index >= 15 is 0 Å². The normalized spacial score (nSPS) is 21.3. The summed E-state index contributed by atoms with van der Waals surface area (Å²) < 4.78 is 0. The van der Waals surface area contributed by atoms with Crippen molar-refractivity contribution >= 4 is 23.6 Å². The molecule has 25 heavy (non-hydrogen) atoms. The van der Waals surface area contributed by atoms with Crippen LogP contribution in [0, 0.1) is 5.92 Å². The van der Waals surface area contributed by atoms with Crippen LogP contribution >= 0.6 is 11.8 Å². The van der Waals surface area contributed by atoms with Crippen molar-refractivity contribution in [2.75, 3.05) is 12.3 Å². The molecule has 1 aliphatic heterocycles. The first-order valence-electron chi connectivity index (χ1n) is 8.82. The average Bonchev–Trinajstić information content (AvgIpc) is 3.04. The molecule has 3 atom stereocenters. The summed E-state index contributed by atoms with van der Waals surface area (Å²) in [7, 11) is 0.